The van der Waals surface area contributed by atoms with Crippen molar-refractivity contribution in [1.29, 1.82) is 0 Å². The minimum atomic E-state index is 0.117. The van der Waals surface area contributed by atoms with Gasteiger partial charge in [-0.25, -0.2) is 0 Å². The minimum absolute atomic E-state index is 0.117. The van der Waals surface area contributed by atoms with Crippen LogP contribution in [0.3, 0.4) is 0 Å². The van der Waals surface area contributed by atoms with E-state index in [1.54, 1.807) is 0 Å². The predicted molar refractivity (Wildman–Crippen MR) is 52.4 cm³/mol. The van der Waals surface area contributed by atoms with Gasteiger partial charge in [-0.15, -0.1) is 0 Å². The van der Waals surface area contributed by atoms with Crippen LogP contribution in [0.1, 0.15) is 19.8 Å². The molecule has 13 heavy (non-hydrogen) atoms. The Hall–Kier alpha value is -0.760. The lowest BCUT2D eigenvalue weighted by atomic mass is 9.99. The number of rotatable bonds is 0. The molecule has 0 saturated heterocycles. The van der Waals surface area contributed by atoms with Crippen molar-refractivity contribution in [2.24, 2.45) is 0 Å². The Morgan fingerprint density at radius 1 is 1.54 bits per heavy atom. The molecule has 1 atom stereocenters. The smallest absolute Gasteiger partial charge is 0.227 e. The maximum Gasteiger partial charge on any atom is 0.227 e. The fraction of sp³-hybridized carbons (Fsp3) is 0.500. The molecule has 0 aromatic carbocycles. The van der Waals surface area contributed by atoms with Crippen LogP contribution in [0.5, 0.6) is 0 Å². The molecule has 0 spiro atoms. The summed E-state index contributed by atoms with van der Waals surface area (Å²) in [5, 5.41) is 0.823. The fourth-order valence-electron chi connectivity index (χ4n) is 1.85. The molecule has 2 nitrogen and oxygen atoms in total. The quantitative estimate of drug-likeness (QED) is 0.545. The van der Waals surface area contributed by atoms with E-state index < -0.39 is 0 Å². The number of halogens is 1. The lowest BCUT2D eigenvalue weighted by Crippen LogP contribution is -2.45. The molecular formula is C10H12ClNO. The molecular weight excluding hydrogens is 186 g/mol. The predicted octanol–water partition coefficient (Wildman–Crippen LogP) is 2.06. The van der Waals surface area contributed by atoms with Gasteiger partial charge in [0.2, 0.25) is 5.91 Å². The second kappa shape index (κ2) is 3.18. The third kappa shape index (κ3) is 1.51. The first-order chi connectivity index (χ1) is 6.18. The second-order valence-electron chi connectivity index (χ2n) is 3.62. The molecule has 0 saturated carbocycles. The van der Waals surface area contributed by atoms with Gasteiger partial charge in [0, 0.05) is 18.0 Å². The number of carbonyl (C=O) groups is 1. The lowest BCUT2D eigenvalue weighted by molar-refractivity contribution is -0.132. The van der Waals surface area contributed by atoms with Crippen molar-refractivity contribution in [3.63, 3.8) is 0 Å². The number of carbonyl (C=O) groups excluding carboxylic acids is 1. The monoisotopic (exact) mass is 197 g/mol. The number of amides is 1. The van der Waals surface area contributed by atoms with Gasteiger partial charge in [-0.1, -0.05) is 29.3 Å². The third-order valence-electron chi connectivity index (χ3n) is 2.60. The molecule has 0 aliphatic carbocycles. The van der Waals surface area contributed by atoms with Crippen LogP contribution in [0.2, 0.25) is 0 Å². The molecule has 3 heteroatoms. The van der Waals surface area contributed by atoms with Crippen molar-refractivity contribution in [2.75, 3.05) is 6.54 Å². The number of nitrogens with zero attached hydrogens (tertiary/aromatic N) is 1. The standard InChI is InChI=1S/C10H12ClNO/c1-7-2-4-9-8(11)3-5-10(13)12(9)6-7/h2-3,9H,4-6H2,1H3/t9-/m1/s1. The zero-order chi connectivity index (χ0) is 9.42. The molecule has 0 N–H and O–H groups in total. The van der Waals surface area contributed by atoms with Gasteiger partial charge in [-0.05, 0) is 13.3 Å². The fourth-order valence-corrected chi connectivity index (χ4v) is 2.13. The summed E-state index contributed by atoms with van der Waals surface area (Å²) in [6.45, 7) is 2.79. The summed E-state index contributed by atoms with van der Waals surface area (Å²) in [5.74, 6) is 0.196. The number of hydrogen-bond donors (Lipinski definition) is 0. The van der Waals surface area contributed by atoms with E-state index in [0.29, 0.717) is 6.42 Å². The Kier molecular flexibility index (Phi) is 2.16. The Morgan fingerprint density at radius 3 is 3.08 bits per heavy atom. The number of hydrogen-bond acceptors (Lipinski definition) is 1. The van der Waals surface area contributed by atoms with Gasteiger partial charge in [0.15, 0.2) is 0 Å². The van der Waals surface area contributed by atoms with Crippen LogP contribution in [0, 0.1) is 0 Å². The van der Waals surface area contributed by atoms with Crippen molar-refractivity contribution < 1.29 is 4.79 Å². The minimum Gasteiger partial charge on any atom is -0.330 e. The third-order valence-corrected chi connectivity index (χ3v) is 3.00. The van der Waals surface area contributed by atoms with Gasteiger partial charge >= 0.3 is 0 Å². The highest BCUT2D eigenvalue weighted by atomic mass is 35.5. The Balaban J connectivity index is 2.29. The average Bonchev–Trinajstić information content (AvgIpc) is 2.12. The van der Waals surface area contributed by atoms with Crippen molar-refractivity contribution in [3.05, 3.63) is 22.8 Å². The molecule has 2 rings (SSSR count). The van der Waals surface area contributed by atoms with E-state index in [0.717, 1.165) is 18.0 Å². The van der Waals surface area contributed by atoms with E-state index in [2.05, 4.69) is 13.0 Å². The van der Waals surface area contributed by atoms with E-state index in [1.165, 1.54) is 5.57 Å². The molecule has 0 aromatic heterocycles. The normalized spacial score (nSPS) is 28.0. The van der Waals surface area contributed by atoms with Crippen LogP contribution in [-0.4, -0.2) is 23.4 Å². The maximum absolute atomic E-state index is 11.5. The van der Waals surface area contributed by atoms with Crippen LogP contribution in [0.15, 0.2) is 22.8 Å². The molecule has 70 valence electrons. The molecule has 0 bridgehead atoms. The summed E-state index contributed by atoms with van der Waals surface area (Å²) in [7, 11) is 0. The second-order valence-corrected chi connectivity index (χ2v) is 4.05. The SMILES string of the molecule is CC1=CC[C@@H]2C(Cl)=CCC(=O)N2C1. The van der Waals surface area contributed by atoms with E-state index in [-0.39, 0.29) is 11.9 Å². The highest BCUT2D eigenvalue weighted by Gasteiger charge is 2.30. The molecule has 2 aliphatic rings. The van der Waals surface area contributed by atoms with Crippen LogP contribution >= 0.6 is 11.6 Å². The summed E-state index contributed by atoms with van der Waals surface area (Å²) in [5.41, 5.74) is 1.26. The Labute approximate surface area is 82.9 Å². The zero-order valence-corrected chi connectivity index (χ0v) is 8.34. The molecule has 2 aliphatic heterocycles. The Bertz CT molecular complexity index is 306. The van der Waals surface area contributed by atoms with Crippen molar-refractivity contribution in [1.82, 2.24) is 4.90 Å². The van der Waals surface area contributed by atoms with E-state index in [9.17, 15) is 4.79 Å². The summed E-state index contributed by atoms with van der Waals surface area (Å²) in [6.07, 6.45) is 5.32. The van der Waals surface area contributed by atoms with Gasteiger partial charge in [-0.3, -0.25) is 4.79 Å². The van der Waals surface area contributed by atoms with Gasteiger partial charge in [0.1, 0.15) is 0 Å². The summed E-state index contributed by atoms with van der Waals surface area (Å²) in [6, 6.07) is 0.117. The van der Waals surface area contributed by atoms with Crippen LogP contribution in [0.4, 0.5) is 0 Å². The number of fused-ring (bicyclic) bond motifs is 1. The van der Waals surface area contributed by atoms with Crippen LogP contribution < -0.4 is 0 Å². The van der Waals surface area contributed by atoms with E-state index in [4.69, 9.17) is 11.6 Å². The maximum atomic E-state index is 11.5. The van der Waals surface area contributed by atoms with Gasteiger partial charge in [0.25, 0.3) is 0 Å². The van der Waals surface area contributed by atoms with Crippen LogP contribution in [0.25, 0.3) is 0 Å². The van der Waals surface area contributed by atoms with Crippen molar-refractivity contribution >= 4 is 17.5 Å². The highest BCUT2D eigenvalue weighted by molar-refractivity contribution is 6.30. The topological polar surface area (TPSA) is 20.3 Å². The van der Waals surface area contributed by atoms with E-state index >= 15 is 0 Å². The highest BCUT2D eigenvalue weighted by Crippen LogP contribution is 2.28. The van der Waals surface area contributed by atoms with Gasteiger partial charge < -0.3 is 4.90 Å². The van der Waals surface area contributed by atoms with E-state index in [1.807, 2.05) is 11.0 Å². The summed E-state index contributed by atoms with van der Waals surface area (Å²) in [4.78, 5) is 13.4. The largest absolute Gasteiger partial charge is 0.330 e. The molecule has 0 radical (unpaired) electrons. The average molecular weight is 198 g/mol. The molecule has 2 heterocycles. The van der Waals surface area contributed by atoms with Crippen LogP contribution in [-0.2, 0) is 4.79 Å². The van der Waals surface area contributed by atoms with Crippen molar-refractivity contribution in [3.8, 4) is 0 Å². The molecule has 0 fully saturated rings. The Morgan fingerprint density at radius 2 is 2.31 bits per heavy atom. The van der Waals surface area contributed by atoms with Gasteiger partial charge in [0.05, 0.1) is 6.04 Å². The summed E-state index contributed by atoms with van der Waals surface area (Å²) >= 11 is 6.04. The first-order valence-electron chi connectivity index (χ1n) is 4.49. The molecule has 1 amide bonds. The molecule has 0 aromatic rings. The first-order valence-corrected chi connectivity index (χ1v) is 4.87. The van der Waals surface area contributed by atoms with Crippen molar-refractivity contribution in [2.45, 2.75) is 25.8 Å². The lowest BCUT2D eigenvalue weighted by Gasteiger charge is -2.37. The zero-order valence-electron chi connectivity index (χ0n) is 7.59. The molecule has 0 unspecified atom stereocenters. The summed E-state index contributed by atoms with van der Waals surface area (Å²) < 4.78 is 0. The first kappa shape index (κ1) is 8.82. The van der Waals surface area contributed by atoms with Gasteiger partial charge in [-0.2, -0.15) is 0 Å².